The van der Waals surface area contributed by atoms with E-state index in [1.165, 1.54) is 0 Å². The molecule has 1 aromatic heterocycles. The minimum Gasteiger partial charge on any atom is -0.466 e. The molecular formula is C11H11F2N3O2. The number of carbonyl (C=O) groups excluding carboxylic acids is 1. The van der Waals surface area contributed by atoms with E-state index in [4.69, 9.17) is 11.0 Å². The number of nitriles is 1. The lowest BCUT2D eigenvalue weighted by Crippen LogP contribution is -2.12. The first-order valence-corrected chi connectivity index (χ1v) is 5.12. The molecule has 0 aliphatic heterocycles. The van der Waals surface area contributed by atoms with E-state index < -0.39 is 18.0 Å². The Kier molecular flexibility index (Phi) is 4.54. The van der Waals surface area contributed by atoms with Gasteiger partial charge in [0, 0.05) is 0 Å². The number of alkyl halides is 2. The molecule has 0 radical (unpaired) electrons. The Morgan fingerprint density at radius 3 is 2.83 bits per heavy atom. The molecule has 5 nitrogen and oxygen atoms in total. The van der Waals surface area contributed by atoms with Crippen LogP contribution in [-0.2, 0) is 16.0 Å². The van der Waals surface area contributed by atoms with Crippen LogP contribution in [0.5, 0.6) is 0 Å². The van der Waals surface area contributed by atoms with Crippen molar-refractivity contribution in [3.63, 3.8) is 0 Å². The van der Waals surface area contributed by atoms with E-state index in [0.29, 0.717) is 0 Å². The normalized spacial score (nSPS) is 10.2. The van der Waals surface area contributed by atoms with Crippen molar-refractivity contribution in [2.45, 2.75) is 19.8 Å². The summed E-state index contributed by atoms with van der Waals surface area (Å²) in [6.45, 7) is 1.82. The molecule has 0 aromatic carbocycles. The molecule has 0 spiro atoms. The highest BCUT2D eigenvalue weighted by molar-refractivity contribution is 5.73. The first kappa shape index (κ1) is 13.8. The number of anilines is 1. The zero-order valence-electron chi connectivity index (χ0n) is 9.61. The predicted octanol–water partition coefficient (Wildman–Crippen LogP) is 1.58. The van der Waals surface area contributed by atoms with Crippen LogP contribution in [0.15, 0.2) is 6.07 Å². The molecule has 96 valence electrons. The molecule has 0 aliphatic rings. The Morgan fingerprint density at radius 2 is 2.33 bits per heavy atom. The highest BCUT2D eigenvalue weighted by atomic mass is 19.3. The molecule has 0 fully saturated rings. The van der Waals surface area contributed by atoms with Crippen molar-refractivity contribution in [1.82, 2.24) is 4.98 Å². The van der Waals surface area contributed by atoms with Crippen molar-refractivity contribution >= 4 is 11.8 Å². The zero-order valence-corrected chi connectivity index (χ0v) is 9.61. The third kappa shape index (κ3) is 3.13. The van der Waals surface area contributed by atoms with Crippen LogP contribution in [0.3, 0.4) is 0 Å². The number of aromatic nitrogens is 1. The average molecular weight is 255 g/mol. The monoisotopic (exact) mass is 255 g/mol. The lowest BCUT2D eigenvalue weighted by atomic mass is 10.1. The second kappa shape index (κ2) is 5.91. The van der Waals surface area contributed by atoms with E-state index in [9.17, 15) is 13.6 Å². The molecule has 0 saturated carbocycles. The maximum atomic E-state index is 12.5. The van der Waals surface area contributed by atoms with Gasteiger partial charge in [0.05, 0.1) is 29.8 Å². The van der Waals surface area contributed by atoms with Gasteiger partial charge in [-0.1, -0.05) is 0 Å². The van der Waals surface area contributed by atoms with Gasteiger partial charge in [-0.25, -0.2) is 13.8 Å². The molecule has 2 N–H and O–H groups in total. The topological polar surface area (TPSA) is 89.0 Å². The average Bonchev–Trinajstić information content (AvgIpc) is 2.29. The number of carbonyl (C=O) groups is 1. The first-order chi connectivity index (χ1) is 8.49. The van der Waals surface area contributed by atoms with Crippen molar-refractivity contribution < 1.29 is 18.3 Å². The number of nitrogens with zero attached hydrogens (tertiary/aromatic N) is 2. The van der Waals surface area contributed by atoms with Gasteiger partial charge in [-0.3, -0.25) is 4.79 Å². The number of nitrogen functional groups attached to an aromatic ring is 1. The summed E-state index contributed by atoms with van der Waals surface area (Å²) in [6.07, 6.45) is -3.09. The van der Waals surface area contributed by atoms with Gasteiger partial charge in [0.1, 0.15) is 11.9 Å². The van der Waals surface area contributed by atoms with Crippen LogP contribution in [0.2, 0.25) is 0 Å². The second-order valence-corrected chi connectivity index (χ2v) is 3.35. The van der Waals surface area contributed by atoms with Gasteiger partial charge >= 0.3 is 5.97 Å². The third-order valence-corrected chi connectivity index (χ3v) is 2.13. The standard InChI is InChI=1S/C11H11F2N3O2/c1-2-18-9(17)4-8-6(5-14)3-7(10(12)13)11(15)16-8/h3,10H,2,4H2,1H3,(H2,15,16). The van der Waals surface area contributed by atoms with Crippen LogP contribution in [0.1, 0.15) is 30.2 Å². The van der Waals surface area contributed by atoms with Gasteiger partial charge in [-0.2, -0.15) is 5.26 Å². The quantitative estimate of drug-likeness (QED) is 0.825. The minimum absolute atomic E-state index is 0.0397. The van der Waals surface area contributed by atoms with Gasteiger partial charge in [-0.05, 0) is 13.0 Å². The maximum absolute atomic E-state index is 12.5. The molecule has 1 rings (SSSR count). The number of rotatable bonds is 4. The maximum Gasteiger partial charge on any atom is 0.311 e. The minimum atomic E-state index is -2.82. The van der Waals surface area contributed by atoms with Gasteiger partial charge in [0.2, 0.25) is 0 Å². The molecule has 0 aliphatic carbocycles. The van der Waals surface area contributed by atoms with Gasteiger partial charge in [-0.15, -0.1) is 0 Å². The van der Waals surface area contributed by atoms with Crippen molar-refractivity contribution in [2.75, 3.05) is 12.3 Å². The Morgan fingerprint density at radius 1 is 1.67 bits per heavy atom. The smallest absolute Gasteiger partial charge is 0.311 e. The van der Waals surface area contributed by atoms with Gasteiger partial charge < -0.3 is 10.5 Å². The Labute approximate surface area is 102 Å². The van der Waals surface area contributed by atoms with E-state index >= 15 is 0 Å². The van der Waals surface area contributed by atoms with E-state index in [1.54, 1.807) is 13.0 Å². The molecule has 1 aromatic rings. The number of hydrogen-bond acceptors (Lipinski definition) is 5. The molecule has 0 saturated heterocycles. The fourth-order valence-corrected chi connectivity index (χ4v) is 1.34. The summed E-state index contributed by atoms with van der Waals surface area (Å²) < 4.78 is 29.8. The van der Waals surface area contributed by atoms with Crippen molar-refractivity contribution in [2.24, 2.45) is 0 Å². The lowest BCUT2D eigenvalue weighted by molar-refractivity contribution is -0.142. The summed E-state index contributed by atoms with van der Waals surface area (Å²) in [5, 5.41) is 8.83. The van der Waals surface area contributed by atoms with Crippen molar-refractivity contribution in [3.05, 3.63) is 22.9 Å². The summed E-state index contributed by atoms with van der Waals surface area (Å²) in [5.41, 5.74) is 4.76. The predicted molar refractivity (Wildman–Crippen MR) is 58.7 cm³/mol. The summed E-state index contributed by atoms with van der Waals surface area (Å²) in [5.74, 6) is -0.978. The summed E-state index contributed by atoms with van der Waals surface area (Å²) in [7, 11) is 0. The molecular weight excluding hydrogens is 244 g/mol. The number of pyridine rings is 1. The van der Waals surface area contributed by atoms with Gasteiger partial charge in [0.25, 0.3) is 6.43 Å². The van der Waals surface area contributed by atoms with E-state index in [0.717, 1.165) is 6.07 Å². The molecule has 0 unspecified atom stereocenters. The molecule has 18 heavy (non-hydrogen) atoms. The van der Waals surface area contributed by atoms with Crippen LogP contribution >= 0.6 is 0 Å². The molecule has 0 amide bonds. The van der Waals surface area contributed by atoms with Crippen LogP contribution in [0.4, 0.5) is 14.6 Å². The lowest BCUT2D eigenvalue weighted by Gasteiger charge is -2.08. The molecule has 0 atom stereocenters. The Bertz CT molecular complexity index is 498. The fraction of sp³-hybridized carbons (Fsp3) is 0.364. The van der Waals surface area contributed by atoms with Crippen molar-refractivity contribution in [3.8, 4) is 6.07 Å². The number of nitrogens with two attached hydrogens (primary N) is 1. The van der Waals surface area contributed by atoms with E-state index in [2.05, 4.69) is 9.72 Å². The Balaban J connectivity index is 3.10. The third-order valence-electron chi connectivity index (χ3n) is 2.13. The van der Waals surface area contributed by atoms with Crippen LogP contribution in [-0.4, -0.2) is 17.6 Å². The summed E-state index contributed by atoms with van der Waals surface area (Å²) in [6, 6.07) is 2.65. The van der Waals surface area contributed by atoms with E-state index in [-0.39, 0.29) is 30.1 Å². The second-order valence-electron chi connectivity index (χ2n) is 3.35. The van der Waals surface area contributed by atoms with Crippen LogP contribution in [0.25, 0.3) is 0 Å². The van der Waals surface area contributed by atoms with Crippen LogP contribution < -0.4 is 5.73 Å². The number of ether oxygens (including phenoxy) is 1. The number of hydrogen-bond donors (Lipinski definition) is 1. The first-order valence-electron chi connectivity index (χ1n) is 5.12. The highest BCUT2D eigenvalue weighted by Gasteiger charge is 2.18. The zero-order chi connectivity index (χ0) is 13.7. The molecule has 7 heteroatoms. The highest BCUT2D eigenvalue weighted by Crippen LogP contribution is 2.25. The SMILES string of the molecule is CCOC(=O)Cc1nc(N)c(C(F)F)cc1C#N. The summed E-state index contributed by atoms with van der Waals surface area (Å²) >= 11 is 0. The number of esters is 1. The molecule has 1 heterocycles. The largest absolute Gasteiger partial charge is 0.466 e. The van der Waals surface area contributed by atoms with Gasteiger partial charge in [0.15, 0.2) is 0 Å². The Hall–Kier alpha value is -2.23. The van der Waals surface area contributed by atoms with Crippen LogP contribution in [0, 0.1) is 11.3 Å². The fourth-order valence-electron chi connectivity index (χ4n) is 1.34. The number of halogens is 2. The van der Waals surface area contributed by atoms with Crippen molar-refractivity contribution in [1.29, 1.82) is 5.26 Å². The van der Waals surface area contributed by atoms with E-state index in [1.807, 2.05) is 0 Å². The molecule has 0 bridgehead atoms. The summed E-state index contributed by atoms with van der Waals surface area (Å²) in [4.78, 5) is 14.9.